The lowest BCUT2D eigenvalue weighted by molar-refractivity contribution is 1.47. The van der Waals surface area contributed by atoms with Crippen molar-refractivity contribution in [3.8, 4) is 0 Å². The summed E-state index contributed by atoms with van der Waals surface area (Å²) < 4.78 is 1.26. The topological polar surface area (TPSA) is 24.7 Å². The van der Waals surface area contributed by atoms with Crippen LogP contribution < -0.4 is 0 Å². The van der Waals surface area contributed by atoms with Crippen LogP contribution in [0.15, 0.2) is 34.3 Å². The molecular weight excluding hydrogens is 204 g/mol. The summed E-state index contributed by atoms with van der Waals surface area (Å²) in [4.78, 5) is 9.59. The molecule has 76 valence electrons. The maximum atomic E-state index is 4.41. The second kappa shape index (κ2) is 4.36. The number of thiophene rings is 1. The van der Waals surface area contributed by atoms with Crippen molar-refractivity contribution in [3.63, 3.8) is 0 Å². The molecule has 0 saturated carbocycles. The highest BCUT2D eigenvalue weighted by atomic mass is 32.1. The minimum atomic E-state index is 1.03. The highest BCUT2D eigenvalue weighted by molar-refractivity contribution is 7.21. The van der Waals surface area contributed by atoms with E-state index in [-0.39, 0.29) is 0 Å². The van der Waals surface area contributed by atoms with Crippen molar-refractivity contribution in [2.24, 2.45) is 9.98 Å². The zero-order chi connectivity index (χ0) is 10.7. The van der Waals surface area contributed by atoms with Crippen molar-refractivity contribution in [2.75, 3.05) is 7.05 Å². The number of nitrogens with zero attached hydrogens (tertiary/aromatic N) is 2. The van der Waals surface area contributed by atoms with E-state index in [4.69, 9.17) is 0 Å². The fourth-order valence-electron chi connectivity index (χ4n) is 1.52. The standard InChI is InChI=1S/C12H12N2S/c1-3-14-12-9-6-4-5-7-10(9)15-11(12)8-13-2/h3-8H,1-2H3. The minimum absolute atomic E-state index is 1.03. The van der Waals surface area contributed by atoms with Crippen LogP contribution in [0.25, 0.3) is 10.1 Å². The number of fused-ring (bicyclic) bond motifs is 1. The summed E-state index contributed by atoms with van der Waals surface area (Å²) in [6.45, 7) is 1.93. The molecule has 3 heteroatoms. The van der Waals surface area contributed by atoms with Gasteiger partial charge in [-0.1, -0.05) is 18.2 Å². The average molecular weight is 216 g/mol. The number of hydrogen-bond acceptors (Lipinski definition) is 3. The molecule has 0 amide bonds. The highest BCUT2D eigenvalue weighted by Gasteiger charge is 2.07. The lowest BCUT2D eigenvalue weighted by Crippen LogP contribution is -1.73. The largest absolute Gasteiger partial charge is 0.295 e. The molecule has 0 spiro atoms. The van der Waals surface area contributed by atoms with Gasteiger partial charge in [0.15, 0.2) is 0 Å². The van der Waals surface area contributed by atoms with Crippen LogP contribution >= 0.6 is 11.3 Å². The Labute approximate surface area is 93.0 Å². The first kappa shape index (κ1) is 10.1. The minimum Gasteiger partial charge on any atom is -0.295 e. The Morgan fingerprint density at radius 2 is 2.07 bits per heavy atom. The zero-order valence-electron chi connectivity index (χ0n) is 8.77. The molecule has 2 rings (SSSR count). The lowest BCUT2D eigenvalue weighted by atomic mass is 10.2. The van der Waals surface area contributed by atoms with Crippen LogP contribution in [-0.4, -0.2) is 19.5 Å². The Morgan fingerprint density at radius 3 is 2.80 bits per heavy atom. The molecule has 0 aliphatic carbocycles. The molecule has 2 nitrogen and oxygen atoms in total. The summed E-state index contributed by atoms with van der Waals surface area (Å²) in [6, 6.07) is 8.30. The predicted octanol–water partition coefficient (Wildman–Crippen LogP) is 3.67. The molecule has 0 N–H and O–H groups in total. The number of hydrogen-bond donors (Lipinski definition) is 0. The van der Waals surface area contributed by atoms with Crippen LogP contribution in [0.3, 0.4) is 0 Å². The van der Waals surface area contributed by atoms with Crippen molar-refractivity contribution < 1.29 is 0 Å². The van der Waals surface area contributed by atoms with E-state index in [1.807, 2.05) is 31.5 Å². The first-order chi connectivity index (χ1) is 7.36. The molecule has 1 aromatic carbocycles. The van der Waals surface area contributed by atoms with Crippen molar-refractivity contribution >= 4 is 39.5 Å². The van der Waals surface area contributed by atoms with Crippen molar-refractivity contribution in [1.29, 1.82) is 0 Å². The van der Waals surface area contributed by atoms with Gasteiger partial charge < -0.3 is 0 Å². The van der Waals surface area contributed by atoms with Crippen LogP contribution in [0.4, 0.5) is 5.69 Å². The molecular formula is C12H12N2S. The summed E-state index contributed by atoms with van der Waals surface area (Å²) in [5.41, 5.74) is 1.03. The Bertz CT molecular complexity index is 523. The Kier molecular flexibility index (Phi) is 2.92. The molecule has 0 saturated heterocycles. The molecule has 0 bridgehead atoms. The molecule has 0 fully saturated rings. The Balaban J connectivity index is 2.74. The van der Waals surface area contributed by atoms with Gasteiger partial charge in [0.05, 0.1) is 10.6 Å². The average Bonchev–Trinajstić information content (AvgIpc) is 2.59. The summed E-state index contributed by atoms with van der Waals surface area (Å²) in [5.74, 6) is 0. The molecule has 0 aliphatic heterocycles. The molecule has 0 atom stereocenters. The fraction of sp³-hybridized carbons (Fsp3) is 0.167. The van der Waals surface area contributed by atoms with Gasteiger partial charge in [-0.25, -0.2) is 0 Å². The quantitative estimate of drug-likeness (QED) is 0.684. The van der Waals surface area contributed by atoms with E-state index in [2.05, 4.69) is 22.1 Å². The second-order valence-corrected chi connectivity index (χ2v) is 4.17. The van der Waals surface area contributed by atoms with Crippen LogP contribution in [0.1, 0.15) is 11.8 Å². The van der Waals surface area contributed by atoms with Gasteiger partial charge in [-0.3, -0.25) is 9.98 Å². The van der Waals surface area contributed by atoms with E-state index in [1.54, 1.807) is 18.4 Å². The predicted molar refractivity (Wildman–Crippen MR) is 69.2 cm³/mol. The number of rotatable bonds is 2. The van der Waals surface area contributed by atoms with E-state index in [0.717, 1.165) is 10.6 Å². The Morgan fingerprint density at radius 1 is 1.27 bits per heavy atom. The summed E-state index contributed by atoms with van der Waals surface area (Å²) in [6.07, 6.45) is 3.69. The monoisotopic (exact) mass is 216 g/mol. The van der Waals surface area contributed by atoms with Crippen LogP contribution in [0.2, 0.25) is 0 Å². The first-order valence-electron chi connectivity index (χ1n) is 4.79. The van der Waals surface area contributed by atoms with E-state index in [0.29, 0.717) is 0 Å². The van der Waals surface area contributed by atoms with Crippen molar-refractivity contribution in [3.05, 3.63) is 29.1 Å². The van der Waals surface area contributed by atoms with Gasteiger partial charge in [0.2, 0.25) is 0 Å². The zero-order valence-corrected chi connectivity index (χ0v) is 9.58. The lowest BCUT2D eigenvalue weighted by Gasteiger charge is -1.91. The third-order valence-corrected chi connectivity index (χ3v) is 3.19. The van der Waals surface area contributed by atoms with Crippen molar-refractivity contribution in [2.45, 2.75) is 6.92 Å². The molecule has 0 unspecified atom stereocenters. The maximum absolute atomic E-state index is 4.41. The number of aliphatic imine (C=N–C) groups is 2. The van der Waals surface area contributed by atoms with E-state index in [9.17, 15) is 0 Å². The van der Waals surface area contributed by atoms with Gasteiger partial charge in [-0.05, 0) is 13.0 Å². The Hall–Kier alpha value is -1.48. The summed E-state index contributed by atoms with van der Waals surface area (Å²) in [7, 11) is 1.78. The normalized spacial score (nSPS) is 12.1. The van der Waals surface area contributed by atoms with Gasteiger partial charge in [-0.15, -0.1) is 11.3 Å². The second-order valence-electron chi connectivity index (χ2n) is 3.09. The van der Waals surface area contributed by atoms with E-state index >= 15 is 0 Å². The smallest absolute Gasteiger partial charge is 0.0899 e. The maximum Gasteiger partial charge on any atom is 0.0899 e. The van der Waals surface area contributed by atoms with E-state index < -0.39 is 0 Å². The molecule has 0 radical (unpaired) electrons. The molecule has 0 aliphatic rings. The summed E-state index contributed by atoms with van der Waals surface area (Å²) >= 11 is 1.73. The van der Waals surface area contributed by atoms with Crippen LogP contribution in [0, 0.1) is 0 Å². The van der Waals surface area contributed by atoms with Crippen LogP contribution in [0.5, 0.6) is 0 Å². The molecule has 15 heavy (non-hydrogen) atoms. The molecule has 2 aromatic rings. The summed E-state index contributed by atoms with van der Waals surface area (Å²) in [5, 5.41) is 1.20. The third kappa shape index (κ3) is 1.83. The van der Waals surface area contributed by atoms with Gasteiger partial charge in [-0.2, -0.15) is 0 Å². The first-order valence-corrected chi connectivity index (χ1v) is 5.61. The van der Waals surface area contributed by atoms with Gasteiger partial charge >= 0.3 is 0 Å². The van der Waals surface area contributed by atoms with E-state index in [1.165, 1.54) is 10.1 Å². The van der Waals surface area contributed by atoms with Gasteiger partial charge in [0, 0.05) is 29.6 Å². The third-order valence-electron chi connectivity index (χ3n) is 2.10. The van der Waals surface area contributed by atoms with Crippen molar-refractivity contribution in [1.82, 2.24) is 0 Å². The SMILES string of the molecule is CC=Nc1c(C=NC)sc2ccccc12. The van der Waals surface area contributed by atoms with Crippen LogP contribution in [-0.2, 0) is 0 Å². The number of benzene rings is 1. The fourth-order valence-corrected chi connectivity index (χ4v) is 2.59. The highest BCUT2D eigenvalue weighted by Crippen LogP contribution is 2.36. The van der Waals surface area contributed by atoms with Gasteiger partial charge in [0.25, 0.3) is 0 Å². The molecule has 1 heterocycles. The molecule has 1 aromatic heterocycles. The van der Waals surface area contributed by atoms with Gasteiger partial charge in [0.1, 0.15) is 0 Å².